The molecular formula is C11H12ClN5. The van der Waals surface area contributed by atoms with Crippen molar-refractivity contribution in [2.75, 3.05) is 11.9 Å². The van der Waals surface area contributed by atoms with Crippen molar-refractivity contribution in [2.24, 2.45) is 0 Å². The van der Waals surface area contributed by atoms with Crippen molar-refractivity contribution in [1.82, 2.24) is 19.7 Å². The van der Waals surface area contributed by atoms with Crippen LogP contribution >= 0.6 is 11.6 Å². The van der Waals surface area contributed by atoms with Gasteiger partial charge in [-0.2, -0.15) is 5.10 Å². The second kappa shape index (κ2) is 4.00. The summed E-state index contributed by atoms with van der Waals surface area (Å²) in [6.07, 6.45) is 9.25. The molecule has 1 aliphatic carbocycles. The molecule has 1 saturated carbocycles. The van der Waals surface area contributed by atoms with Gasteiger partial charge in [0.05, 0.1) is 23.0 Å². The van der Waals surface area contributed by atoms with E-state index in [0.717, 1.165) is 19.4 Å². The molecule has 0 atom stereocenters. The fourth-order valence-electron chi connectivity index (χ4n) is 1.83. The van der Waals surface area contributed by atoms with Crippen molar-refractivity contribution in [3.8, 4) is 0 Å². The summed E-state index contributed by atoms with van der Waals surface area (Å²) >= 11 is 5.73. The molecule has 0 radical (unpaired) electrons. The van der Waals surface area contributed by atoms with Crippen molar-refractivity contribution in [1.29, 1.82) is 0 Å². The molecule has 0 unspecified atom stereocenters. The summed E-state index contributed by atoms with van der Waals surface area (Å²) in [5.74, 6) is 0.604. The Hall–Kier alpha value is -1.62. The van der Waals surface area contributed by atoms with Crippen LogP contribution in [0, 0.1) is 0 Å². The maximum Gasteiger partial charge on any atom is 0.222 e. The van der Waals surface area contributed by atoms with E-state index in [1.807, 2.05) is 16.9 Å². The Bertz CT molecular complexity index is 489. The topological polar surface area (TPSA) is 55.6 Å². The number of nitrogens with zero attached hydrogens (tertiary/aromatic N) is 4. The average molecular weight is 250 g/mol. The SMILES string of the molecule is Clc1cnc(NCC2(n3cccn3)CC2)nc1. The van der Waals surface area contributed by atoms with Crippen molar-refractivity contribution in [3.05, 3.63) is 35.9 Å². The van der Waals surface area contributed by atoms with Crippen LogP contribution in [0.4, 0.5) is 5.95 Å². The van der Waals surface area contributed by atoms with Crippen LogP contribution in [0.15, 0.2) is 30.9 Å². The molecule has 1 N–H and O–H groups in total. The van der Waals surface area contributed by atoms with Gasteiger partial charge in [-0.25, -0.2) is 9.97 Å². The molecule has 0 spiro atoms. The van der Waals surface area contributed by atoms with Crippen molar-refractivity contribution >= 4 is 17.5 Å². The van der Waals surface area contributed by atoms with E-state index in [2.05, 4.69) is 20.4 Å². The van der Waals surface area contributed by atoms with Crippen LogP contribution in [0.3, 0.4) is 0 Å². The minimum absolute atomic E-state index is 0.104. The Morgan fingerprint density at radius 3 is 2.71 bits per heavy atom. The van der Waals surface area contributed by atoms with Gasteiger partial charge in [0, 0.05) is 18.9 Å². The highest BCUT2D eigenvalue weighted by Gasteiger charge is 2.45. The monoisotopic (exact) mass is 249 g/mol. The molecule has 2 heterocycles. The molecular weight excluding hydrogens is 238 g/mol. The number of nitrogens with one attached hydrogen (secondary N) is 1. The quantitative estimate of drug-likeness (QED) is 0.900. The van der Waals surface area contributed by atoms with Gasteiger partial charge >= 0.3 is 0 Å². The Morgan fingerprint density at radius 2 is 2.12 bits per heavy atom. The summed E-state index contributed by atoms with van der Waals surface area (Å²) in [6, 6.07) is 1.94. The highest BCUT2D eigenvalue weighted by atomic mass is 35.5. The van der Waals surface area contributed by atoms with Crippen LogP contribution in [0.2, 0.25) is 5.02 Å². The van der Waals surface area contributed by atoms with Gasteiger partial charge in [0.15, 0.2) is 0 Å². The second-order valence-electron chi connectivity index (χ2n) is 4.25. The minimum atomic E-state index is 0.104. The second-order valence-corrected chi connectivity index (χ2v) is 4.69. The van der Waals surface area contributed by atoms with Gasteiger partial charge in [-0.15, -0.1) is 0 Å². The minimum Gasteiger partial charge on any atom is -0.352 e. The summed E-state index contributed by atoms with van der Waals surface area (Å²) in [7, 11) is 0. The zero-order valence-corrected chi connectivity index (χ0v) is 9.93. The van der Waals surface area contributed by atoms with Gasteiger partial charge in [-0.1, -0.05) is 11.6 Å². The summed E-state index contributed by atoms with van der Waals surface area (Å²) < 4.78 is 2.01. The number of hydrogen-bond donors (Lipinski definition) is 1. The van der Waals surface area contributed by atoms with Crippen molar-refractivity contribution < 1.29 is 0 Å². The Balaban J connectivity index is 1.67. The number of aromatic nitrogens is 4. The maximum absolute atomic E-state index is 5.73. The van der Waals surface area contributed by atoms with Gasteiger partial charge in [0.25, 0.3) is 0 Å². The number of rotatable bonds is 4. The van der Waals surface area contributed by atoms with E-state index in [4.69, 9.17) is 11.6 Å². The van der Waals surface area contributed by atoms with Crippen LogP contribution in [0.1, 0.15) is 12.8 Å². The maximum atomic E-state index is 5.73. The zero-order valence-electron chi connectivity index (χ0n) is 9.17. The first-order chi connectivity index (χ1) is 8.28. The molecule has 0 bridgehead atoms. The van der Waals surface area contributed by atoms with E-state index in [9.17, 15) is 0 Å². The number of hydrogen-bond acceptors (Lipinski definition) is 4. The fourth-order valence-corrected chi connectivity index (χ4v) is 1.93. The highest BCUT2D eigenvalue weighted by molar-refractivity contribution is 6.30. The molecule has 0 aliphatic heterocycles. The van der Waals surface area contributed by atoms with Crippen molar-refractivity contribution in [3.63, 3.8) is 0 Å². The van der Waals surface area contributed by atoms with Crippen LogP contribution in [0.5, 0.6) is 0 Å². The first-order valence-electron chi connectivity index (χ1n) is 5.50. The van der Waals surface area contributed by atoms with Gasteiger partial charge in [0.1, 0.15) is 0 Å². The molecule has 3 rings (SSSR count). The van der Waals surface area contributed by atoms with E-state index in [1.165, 1.54) is 0 Å². The van der Waals surface area contributed by atoms with E-state index in [-0.39, 0.29) is 5.54 Å². The molecule has 6 heteroatoms. The first-order valence-corrected chi connectivity index (χ1v) is 5.88. The van der Waals surface area contributed by atoms with Crippen LogP contribution in [-0.2, 0) is 5.54 Å². The smallest absolute Gasteiger partial charge is 0.222 e. The lowest BCUT2D eigenvalue weighted by Gasteiger charge is -2.16. The molecule has 0 saturated heterocycles. The van der Waals surface area contributed by atoms with E-state index < -0.39 is 0 Å². The van der Waals surface area contributed by atoms with Gasteiger partial charge in [-0.3, -0.25) is 4.68 Å². The molecule has 2 aromatic rings. The van der Waals surface area contributed by atoms with E-state index in [0.29, 0.717) is 11.0 Å². The van der Waals surface area contributed by atoms with Gasteiger partial charge in [0.2, 0.25) is 5.95 Å². The highest BCUT2D eigenvalue weighted by Crippen LogP contribution is 2.42. The van der Waals surface area contributed by atoms with Crippen LogP contribution < -0.4 is 5.32 Å². The predicted octanol–water partition coefficient (Wildman–Crippen LogP) is 1.93. The molecule has 1 aliphatic rings. The molecule has 17 heavy (non-hydrogen) atoms. The third-order valence-corrected chi connectivity index (χ3v) is 3.21. The lowest BCUT2D eigenvalue weighted by molar-refractivity contribution is 0.452. The van der Waals surface area contributed by atoms with Crippen LogP contribution in [0.25, 0.3) is 0 Å². The third-order valence-electron chi connectivity index (χ3n) is 3.01. The molecule has 88 valence electrons. The van der Waals surface area contributed by atoms with Gasteiger partial charge in [-0.05, 0) is 18.9 Å². The zero-order chi connectivity index (χ0) is 11.7. The largest absolute Gasteiger partial charge is 0.352 e. The standard InChI is InChI=1S/C11H12ClN5/c12-9-6-13-10(14-7-9)15-8-11(2-3-11)17-5-1-4-16-17/h1,4-7H,2-3,8H2,(H,13,14,15). The van der Waals surface area contributed by atoms with Gasteiger partial charge < -0.3 is 5.32 Å². The Morgan fingerprint density at radius 1 is 1.35 bits per heavy atom. The summed E-state index contributed by atoms with van der Waals surface area (Å²) in [6.45, 7) is 0.788. The molecule has 2 aromatic heterocycles. The number of halogens is 1. The fraction of sp³-hybridized carbons (Fsp3) is 0.364. The van der Waals surface area contributed by atoms with E-state index >= 15 is 0 Å². The predicted molar refractivity (Wildman–Crippen MR) is 65.0 cm³/mol. The Kier molecular flexibility index (Phi) is 2.48. The van der Waals surface area contributed by atoms with E-state index in [1.54, 1.807) is 18.6 Å². The molecule has 0 aromatic carbocycles. The summed E-state index contributed by atoms with van der Waals surface area (Å²) in [5, 5.41) is 8.06. The third kappa shape index (κ3) is 2.10. The molecule has 1 fully saturated rings. The normalized spacial score (nSPS) is 16.8. The Labute approximate surface area is 104 Å². The lowest BCUT2D eigenvalue weighted by atomic mass is 10.3. The molecule has 0 amide bonds. The lowest BCUT2D eigenvalue weighted by Crippen LogP contribution is -2.27. The van der Waals surface area contributed by atoms with Crippen molar-refractivity contribution in [2.45, 2.75) is 18.4 Å². The molecule has 5 nitrogen and oxygen atoms in total. The first kappa shape index (κ1) is 10.5. The summed E-state index contributed by atoms with van der Waals surface area (Å²) in [4.78, 5) is 8.21. The number of anilines is 1. The van der Waals surface area contributed by atoms with Crippen LogP contribution in [-0.4, -0.2) is 26.3 Å². The average Bonchev–Trinajstić information content (AvgIpc) is 2.93. The summed E-state index contributed by atoms with van der Waals surface area (Å²) in [5.41, 5.74) is 0.104.